The highest BCUT2D eigenvalue weighted by atomic mass is 16.5. The summed E-state index contributed by atoms with van der Waals surface area (Å²) in [6.07, 6.45) is 4.64. The molecule has 4 nitrogen and oxygen atoms in total. The quantitative estimate of drug-likeness (QED) is 0.849. The summed E-state index contributed by atoms with van der Waals surface area (Å²) in [5, 5.41) is 0. The average Bonchev–Trinajstić information content (AvgIpc) is 3.25. The minimum absolute atomic E-state index is 0.293. The van der Waals surface area contributed by atoms with Crippen molar-refractivity contribution in [2.45, 2.75) is 31.8 Å². The highest BCUT2D eigenvalue weighted by molar-refractivity contribution is 5.79. The van der Waals surface area contributed by atoms with E-state index in [4.69, 9.17) is 4.74 Å². The molecule has 3 saturated heterocycles. The SMILES string of the molecule is O=C(Cc1ccccc1)N1C[C@H]2CN(C[C@@H]3CCCO3)CC[C@H]2C1. The van der Waals surface area contributed by atoms with Crippen LogP contribution in [0.1, 0.15) is 24.8 Å². The minimum Gasteiger partial charge on any atom is -0.377 e. The summed E-state index contributed by atoms with van der Waals surface area (Å²) in [7, 11) is 0. The van der Waals surface area contributed by atoms with Gasteiger partial charge in [0.1, 0.15) is 0 Å². The number of benzene rings is 1. The van der Waals surface area contributed by atoms with Crippen LogP contribution >= 0.6 is 0 Å². The molecule has 0 aliphatic carbocycles. The maximum Gasteiger partial charge on any atom is 0.227 e. The molecular weight excluding hydrogens is 300 g/mol. The molecule has 0 bridgehead atoms. The molecule has 3 atom stereocenters. The fourth-order valence-corrected chi connectivity index (χ4v) is 4.57. The smallest absolute Gasteiger partial charge is 0.227 e. The van der Waals surface area contributed by atoms with Crippen molar-refractivity contribution in [2.24, 2.45) is 11.8 Å². The third-order valence-corrected chi connectivity index (χ3v) is 5.92. The van der Waals surface area contributed by atoms with Crippen LogP contribution in [0.25, 0.3) is 0 Å². The lowest BCUT2D eigenvalue weighted by Gasteiger charge is -2.35. The molecule has 3 fully saturated rings. The summed E-state index contributed by atoms with van der Waals surface area (Å²) in [6.45, 7) is 6.23. The number of piperidine rings is 1. The van der Waals surface area contributed by atoms with Gasteiger partial charge < -0.3 is 14.5 Å². The van der Waals surface area contributed by atoms with Crippen LogP contribution in [-0.4, -0.2) is 61.1 Å². The highest BCUT2D eigenvalue weighted by Gasteiger charge is 2.39. The number of amides is 1. The van der Waals surface area contributed by atoms with Gasteiger partial charge in [-0.2, -0.15) is 0 Å². The lowest BCUT2D eigenvalue weighted by Crippen LogP contribution is -2.43. The van der Waals surface area contributed by atoms with Crippen LogP contribution in [-0.2, 0) is 16.0 Å². The number of carbonyl (C=O) groups excluding carboxylic acids is 1. The number of likely N-dealkylation sites (tertiary alicyclic amines) is 2. The van der Waals surface area contributed by atoms with E-state index in [1.54, 1.807) is 0 Å². The molecular formula is C20H28N2O2. The molecule has 0 spiro atoms. The third kappa shape index (κ3) is 3.65. The lowest BCUT2D eigenvalue weighted by atomic mass is 9.88. The molecule has 4 heteroatoms. The molecule has 24 heavy (non-hydrogen) atoms. The van der Waals surface area contributed by atoms with E-state index in [1.807, 2.05) is 30.3 Å². The van der Waals surface area contributed by atoms with Gasteiger partial charge in [0.2, 0.25) is 5.91 Å². The second-order valence-corrected chi connectivity index (χ2v) is 7.66. The van der Waals surface area contributed by atoms with E-state index in [9.17, 15) is 4.79 Å². The van der Waals surface area contributed by atoms with Crippen LogP contribution in [0.5, 0.6) is 0 Å². The van der Waals surface area contributed by atoms with Gasteiger partial charge in [-0.05, 0) is 43.2 Å². The first kappa shape index (κ1) is 16.1. The van der Waals surface area contributed by atoms with E-state index in [0.717, 1.165) is 38.3 Å². The number of rotatable bonds is 4. The first-order valence-corrected chi connectivity index (χ1v) is 9.43. The molecule has 0 unspecified atom stereocenters. The van der Waals surface area contributed by atoms with Crippen LogP contribution in [0.2, 0.25) is 0 Å². The topological polar surface area (TPSA) is 32.8 Å². The Balaban J connectivity index is 1.30. The van der Waals surface area contributed by atoms with E-state index in [2.05, 4.69) is 9.80 Å². The molecule has 0 N–H and O–H groups in total. The largest absolute Gasteiger partial charge is 0.377 e. The van der Waals surface area contributed by atoms with Crippen molar-refractivity contribution in [3.8, 4) is 0 Å². The Morgan fingerprint density at radius 3 is 2.71 bits per heavy atom. The van der Waals surface area contributed by atoms with E-state index in [0.29, 0.717) is 30.3 Å². The Morgan fingerprint density at radius 1 is 1.08 bits per heavy atom. The van der Waals surface area contributed by atoms with Gasteiger partial charge in [0.05, 0.1) is 12.5 Å². The third-order valence-electron chi connectivity index (χ3n) is 5.92. The van der Waals surface area contributed by atoms with Crippen LogP contribution in [0.4, 0.5) is 0 Å². The normalized spacial score (nSPS) is 30.5. The first-order valence-electron chi connectivity index (χ1n) is 9.43. The van der Waals surface area contributed by atoms with Gasteiger partial charge in [-0.15, -0.1) is 0 Å². The molecule has 130 valence electrons. The van der Waals surface area contributed by atoms with E-state index in [1.165, 1.54) is 25.8 Å². The number of fused-ring (bicyclic) bond motifs is 1. The molecule has 3 aliphatic rings. The van der Waals surface area contributed by atoms with Gasteiger partial charge in [0.15, 0.2) is 0 Å². The molecule has 1 aromatic rings. The van der Waals surface area contributed by atoms with E-state index in [-0.39, 0.29) is 0 Å². The van der Waals surface area contributed by atoms with Crippen molar-refractivity contribution in [3.05, 3.63) is 35.9 Å². The summed E-state index contributed by atoms with van der Waals surface area (Å²) in [5.41, 5.74) is 1.12. The molecule has 1 aromatic carbocycles. The summed E-state index contributed by atoms with van der Waals surface area (Å²) in [5.74, 6) is 1.65. The Bertz CT molecular complexity index is 556. The molecule has 3 aliphatic heterocycles. The Labute approximate surface area is 144 Å². The van der Waals surface area contributed by atoms with E-state index < -0.39 is 0 Å². The number of hydrogen-bond acceptors (Lipinski definition) is 3. The van der Waals surface area contributed by atoms with Gasteiger partial charge in [-0.25, -0.2) is 0 Å². The van der Waals surface area contributed by atoms with Crippen LogP contribution in [0, 0.1) is 11.8 Å². The van der Waals surface area contributed by atoms with Gasteiger partial charge >= 0.3 is 0 Å². The molecule has 0 radical (unpaired) electrons. The summed E-state index contributed by atoms with van der Waals surface area (Å²) in [4.78, 5) is 17.3. The molecule has 3 heterocycles. The monoisotopic (exact) mass is 328 g/mol. The fraction of sp³-hybridized carbons (Fsp3) is 0.650. The van der Waals surface area contributed by atoms with Crippen molar-refractivity contribution in [3.63, 3.8) is 0 Å². The first-order chi connectivity index (χ1) is 11.8. The number of hydrogen-bond donors (Lipinski definition) is 0. The zero-order chi connectivity index (χ0) is 16.4. The van der Waals surface area contributed by atoms with Gasteiger partial charge in [0, 0.05) is 32.8 Å². The van der Waals surface area contributed by atoms with E-state index >= 15 is 0 Å². The fourth-order valence-electron chi connectivity index (χ4n) is 4.57. The van der Waals surface area contributed by atoms with Gasteiger partial charge in [0.25, 0.3) is 0 Å². The summed E-state index contributed by atoms with van der Waals surface area (Å²) >= 11 is 0. The summed E-state index contributed by atoms with van der Waals surface area (Å²) < 4.78 is 5.79. The number of nitrogens with zero attached hydrogens (tertiary/aromatic N) is 2. The number of ether oxygens (including phenoxy) is 1. The predicted octanol–water partition coefficient (Wildman–Crippen LogP) is 2.19. The maximum atomic E-state index is 12.6. The van der Waals surface area contributed by atoms with Crippen LogP contribution < -0.4 is 0 Å². The number of carbonyl (C=O) groups is 1. The van der Waals surface area contributed by atoms with Crippen LogP contribution in [0.15, 0.2) is 30.3 Å². The minimum atomic E-state index is 0.293. The molecule has 1 amide bonds. The van der Waals surface area contributed by atoms with Crippen molar-refractivity contribution in [1.82, 2.24) is 9.80 Å². The second kappa shape index (κ2) is 7.24. The lowest BCUT2D eigenvalue weighted by molar-refractivity contribution is -0.129. The van der Waals surface area contributed by atoms with Gasteiger partial charge in [-0.3, -0.25) is 4.79 Å². The maximum absolute atomic E-state index is 12.6. The molecule has 0 saturated carbocycles. The zero-order valence-corrected chi connectivity index (χ0v) is 14.4. The van der Waals surface area contributed by atoms with Crippen molar-refractivity contribution < 1.29 is 9.53 Å². The summed E-state index contributed by atoms with van der Waals surface area (Å²) in [6, 6.07) is 10.1. The molecule has 4 rings (SSSR count). The van der Waals surface area contributed by atoms with Crippen molar-refractivity contribution in [2.75, 3.05) is 39.3 Å². The average molecular weight is 328 g/mol. The zero-order valence-electron chi connectivity index (χ0n) is 14.4. The highest BCUT2D eigenvalue weighted by Crippen LogP contribution is 2.32. The van der Waals surface area contributed by atoms with Crippen molar-refractivity contribution in [1.29, 1.82) is 0 Å². The Hall–Kier alpha value is -1.39. The van der Waals surface area contributed by atoms with Gasteiger partial charge in [-0.1, -0.05) is 30.3 Å². The second-order valence-electron chi connectivity index (χ2n) is 7.66. The standard InChI is InChI=1S/C20H28N2O2/c23-20(11-16-5-2-1-3-6-16)22-13-17-8-9-21(12-18(17)14-22)15-19-7-4-10-24-19/h1-3,5-6,17-19H,4,7-15H2/t17-,18+,19-/m0/s1. The predicted molar refractivity (Wildman–Crippen MR) is 93.7 cm³/mol. The van der Waals surface area contributed by atoms with Crippen molar-refractivity contribution >= 4 is 5.91 Å². The van der Waals surface area contributed by atoms with Crippen LogP contribution in [0.3, 0.4) is 0 Å². The molecule has 0 aromatic heterocycles. The Morgan fingerprint density at radius 2 is 1.92 bits per heavy atom. The Kier molecular flexibility index (Phi) is 4.86.